The summed E-state index contributed by atoms with van der Waals surface area (Å²) in [5.41, 5.74) is 1.13. The lowest BCUT2D eigenvalue weighted by atomic mass is 9.34. The SMILES string of the molecule is CC(C)OC(=O)[C@@]1(C)CC[C@]2(C)CC[C@]3(C)C(=CC(=O)C4[C@@]5(C)CC=CC(C)(C)C5CC[C@]43C)C2C1. The van der Waals surface area contributed by atoms with Gasteiger partial charge in [0.1, 0.15) is 0 Å². The summed E-state index contributed by atoms with van der Waals surface area (Å²) in [6, 6.07) is 0. The van der Waals surface area contributed by atoms with Crippen LogP contribution in [0.1, 0.15) is 114 Å². The van der Waals surface area contributed by atoms with Gasteiger partial charge in [-0.15, -0.1) is 0 Å². The maximum Gasteiger partial charge on any atom is 0.312 e. The summed E-state index contributed by atoms with van der Waals surface area (Å²) in [4.78, 5) is 27.6. The molecular weight excluding hydrogens is 444 g/mol. The Morgan fingerprint density at radius 2 is 1.64 bits per heavy atom. The number of ketones is 1. The van der Waals surface area contributed by atoms with Crippen molar-refractivity contribution in [1.29, 1.82) is 0 Å². The Kier molecular flexibility index (Phi) is 5.70. The number of hydrogen-bond acceptors (Lipinski definition) is 3. The Labute approximate surface area is 219 Å². The van der Waals surface area contributed by atoms with Crippen molar-refractivity contribution in [3.63, 3.8) is 0 Å². The van der Waals surface area contributed by atoms with Crippen molar-refractivity contribution in [2.45, 2.75) is 120 Å². The highest BCUT2D eigenvalue weighted by Crippen LogP contribution is 2.74. The topological polar surface area (TPSA) is 43.4 Å². The molecule has 5 aliphatic rings. The molecule has 3 nitrogen and oxygen atoms in total. The van der Waals surface area contributed by atoms with Gasteiger partial charge in [-0.2, -0.15) is 0 Å². The summed E-state index contributed by atoms with van der Waals surface area (Å²) in [5.74, 6) is 1.18. The number of carbonyl (C=O) groups is 2. The zero-order valence-corrected chi connectivity index (χ0v) is 24.4. The van der Waals surface area contributed by atoms with E-state index in [1.807, 2.05) is 13.8 Å². The first kappa shape index (κ1) is 26.2. The molecular formula is C33H50O3. The van der Waals surface area contributed by atoms with Gasteiger partial charge in [-0.3, -0.25) is 9.59 Å². The molecule has 3 saturated carbocycles. The quantitative estimate of drug-likeness (QED) is 0.288. The number of rotatable bonds is 2. The minimum atomic E-state index is -0.476. The molecule has 36 heavy (non-hydrogen) atoms. The van der Waals surface area contributed by atoms with Gasteiger partial charge in [0.25, 0.3) is 0 Å². The van der Waals surface area contributed by atoms with E-state index in [1.54, 1.807) is 0 Å². The monoisotopic (exact) mass is 494 g/mol. The Bertz CT molecular complexity index is 1030. The van der Waals surface area contributed by atoms with Crippen LogP contribution in [0.15, 0.2) is 23.8 Å². The highest BCUT2D eigenvalue weighted by atomic mass is 16.5. The molecule has 0 heterocycles. The van der Waals surface area contributed by atoms with E-state index >= 15 is 0 Å². The Morgan fingerprint density at radius 3 is 2.31 bits per heavy atom. The highest BCUT2D eigenvalue weighted by molar-refractivity contribution is 5.95. The van der Waals surface area contributed by atoms with Crippen molar-refractivity contribution in [2.24, 2.45) is 50.2 Å². The van der Waals surface area contributed by atoms with Crippen molar-refractivity contribution in [1.82, 2.24) is 0 Å². The number of fused-ring (bicyclic) bond motifs is 7. The van der Waals surface area contributed by atoms with Gasteiger partial charge in [-0.25, -0.2) is 0 Å². The lowest BCUT2D eigenvalue weighted by Crippen LogP contribution is -2.65. The van der Waals surface area contributed by atoms with Gasteiger partial charge in [-0.05, 0) is 117 Å². The Balaban J connectivity index is 1.58. The molecule has 0 saturated heterocycles. The molecule has 200 valence electrons. The highest BCUT2D eigenvalue weighted by Gasteiger charge is 2.69. The van der Waals surface area contributed by atoms with Crippen LogP contribution < -0.4 is 0 Å². The summed E-state index contributed by atoms with van der Waals surface area (Å²) in [7, 11) is 0. The second-order valence-corrected chi connectivity index (χ2v) is 15.6. The van der Waals surface area contributed by atoms with Crippen LogP contribution in [0.3, 0.4) is 0 Å². The van der Waals surface area contributed by atoms with Crippen LogP contribution in [0.4, 0.5) is 0 Å². The summed E-state index contributed by atoms with van der Waals surface area (Å²) < 4.78 is 5.75. The van der Waals surface area contributed by atoms with Crippen molar-refractivity contribution in [2.75, 3.05) is 0 Å². The summed E-state index contributed by atoms with van der Waals surface area (Å²) in [5, 5.41) is 0. The van der Waals surface area contributed by atoms with Gasteiger partial charge in [0.2, 0.25) is 0 Å². The van der Waals surface area contributed by atoms with Crippen LogP contribution in [-0.2, 0) is 14.3 Å². The number of hydrogen-bond donors (Lipinski definition) is 0. The molecule has 0 amide bonds. The predicted molar refractivity (Wildman–Crippen MR) is 145 cm³/mol. The summed E-state index contributed by atoms with van der Waals surface area (Å²) in [6.07, 6.45) is 15.2. The molecule has 0 aromatic carbocycles. The van der Waals surface area contributed by atoms with Crippen LogP contribution in [0, 0.1) is 50.2 Å². The number of esters is 1. The molecule has 8 atom stereocenters. The fourth-order valence-corrected chi connectivity index (χ4v) is 10.3. The maximum atomic E-state index is 14.3. The first-order chi connectivity index (χ1) is 16.5. The third-order valence-corrected chi connectivity index (χ3v) is 12.7. The van der Waals surface area contributed by atoms with Gasteiger partial charge in [0.05, 0.1) is 11.5 Å². The van der Waals surface area contributed by atoms with E-state index in [0.717, 1.165) is 38.5 Å². The zero-order valence-electron chi connectivity index (χ0n) is 24.4. The van der Waals surface area contributed by atoms with Gasteiger partial charge < -0.3 is 4.74 Å². The lowest BCUT2D eigenvalue weighted by molar-refractivity contribution is -0.176. The van der Waals surface area contributed by atoms with Gasteiger partial charge in [0.15, 0.2) is 5.78 Å². The maximum absolute atomic E-state index is 14.3. The molecule has 0 bridgehead atoms. The van der Waals surface area contributed by atoms with Gasteiger partial charge in [-0.1, -0.05) is 59.3 Å². The largest absolute Gasteiger partial charge is 0.463 e. The van der Waals surface area contributed by atoms with E-state index in [4.69, 9.17) is 4.74 Å². The predicted octanol–water partition coefficient (Wildman–Crippen LogP) is 8.08. The minimum absolute atomic E-state index is 0.00370. The molecule has 0 N–H and O–H groups in total. The van der Waals surface area contributed by atoms with E-state index in [0.29, 0.717) is 11.7 Å². The molecule has 3 unspecified atom stereocenters. The zero-order chi connectivity index (χ0) is 26.5. The van der Waals surface area contributed by atoms with E-state index in [-0.39, 0.29) is 51.0 Å². The molecule has 0 aliphatic heterocycles. The molecule has 3 heteroatoms. The Hall–Kier alpha value is -1.38. The van der Waals surface area contributed by atoms with E-state index in [1.165, 1.54) is 18.4 Å². The van der Waals surface area contributed by atoms with E-state index in [2.05, 4.69) is 66.7 Å². The minimum Gasteiger partial charge on any atom is -0.463 e. The smallest absolute Gasteiger partial charge is 0.312 e. The van der Waals surface area contributed by atoms with Crippen molar-refractivity contribution in [3.05, 3.63) is 23.8 Å². The standard InChI is InChI=1S/C33H50O3/c1-21(2)36-27(35)30(6)16-15-29(5)17-18-32(8)22(23(29)20-30)19-24(34)26-31(7)13-10-12-28(3,4)25(31)11-14-33(26,32)9/h10,12,19,21,23,25-26H,11,13-18,20H2,1-9H3/t23?,25?,26?,29-,30+,31+,32-,33-/m1/s1. The second-order valence-electron chi connectivity index (χ2n) is 15.6. The molecule has 0 radical (unpaired) electrons. The number of ether oxygens (including phenoxy) is 1. The van der Waals surface area contributed by atoms with E-state index in [9.17, 15) is 9.59 Å². The molecule has 5 aliphatic carbocycles. The first-order valence-electron chi connectivity index (χ1n) is 14.7. The normalized spacial score (nSPS) is 49.3. The molecule has 0 aromatic rings. The van der Waals surface area contributed by atoms with Crippen LogP contribution in [-0.4, -0.2) is 17.9 Å². The fourth-order valence-electron chi connectivity index (χ4n) is 10.3. The Morgan fingerprint density at radius 1 is 0.972 bits per heavy atom. The summed E-state index contributed by atoms with van der Waals surface area (Å²) in [6.45, 7) is 20.5. The van der Waals surface area contributed by atoms with Crippen LogP contribution in [0.25, 0.3) is 0 Å². The van der Waals surface area contributed by atoms with Gasteiger partial charge in [0, 0.05) is 5.92 Å². The molecule has 0 spiro atoms. The molecule has 0 aromatic heterocycles. The average Bonchev–Trinajstić information content (AvgIpc) is 2.75. The van der Waals surface area contributed by atoms with Crippen LogP contribution in [0.2, 0.25) is 0 Å². The average molecular weight is 495 g/mol. The van der Waals surface area contributed by atoms with Crippen molar-refractivity contribution in [3.8, 4) is 0 Å². The molecule has 3 fully saturated rings. The second kappa shape index (κ2) is 7.82. The first-order valence-corrected chi connectivity index (χ1v) is 14.7. The van der Waals surface area contributed by atoms with Gasteiger partial charge >= 0.3 is 5.97 Å². The van der Waals surface area contributed by atoms with Crippen LogP contribution in [0.5, 0.6) is 0 Å². The number of carbonyl (C=O) groups excluding carboxylic acids is 2. The summed E-state index contributed by atoms with van der Waals surface area (Å²) >= 11 is 0. The van der Waals surface area contributed by atoms with E-state index < -0.39 is 5.41 Å². The lowest BCUT2D eigenvalue weighted by Gasteiger charge is -2.69. The third kappa shape index (κ3) is 3.35. The third-order valence-electron chi connectivity index (χ3n) is 12.7. The fraction of sp³-hybridized carbons (Fsp3) is 0.818. The number of allylic oxidation sites excluding steroid dienone is 4. The van der Waals surface area contributed by atoms with Crippen LogP contribution >= 0.6 is 0 Å². The molecule has 5 rings (SSSR count). The van der Waals surface area contributed by atoms with Crippen molar-refractivity contribution >= 4 is 11.8 Å². The van der Waals surface area contributed by atoms with Crippen molar-refractivity contribution < 1.29 is 14.3 Å².